The fourth-order valence-corrected chi connectivity index (χ4v) is 1.40. The van der Waals surface area contributed by atoms with E-state index < -0.39 is 10.9 Å². The number of hydrogen-bond acceptors (Lipinski definition) is 5. The number of carboxylic acids is 1. The molecule has 1 heterocycles. The number of non-ortho nitro benzene ring substituents is 1. The standard InChI is InChI=1S/C10H8N2O5/c13-10(14)4-3-9-11-7-2-1-6(12(15)16)5-8(7)17-9/h1-2,5H,3-4H2,(H,13,14). The van der Waals surface area contributed by atoms with Crippen molar-refractivity contribution in [3.05, 3.63) is 34.2 Å². The number of rotatable bonds is 4. The summed E-state index contributed by atoms with van der Waals surface area (Å²) in [5, 5.41) is 19.0. The number of fused-ring (bicyclic) bond motifs is 1. The molecule has 0 radical (unpaired) electrons. The number of hydrogen-bond donors (Lipinski definition) is 1. The molecule has 0 aliphatic heterocycles. The SMILES string of the molecule is O=C(O)CCc1nc2ccc([N+](=O)[O-])cc2o1. The van der Waals surface area contributed by atoms with Crippen molar-refractivity contribution in [2.75, 3.05) is 0 Å². The summed E-state index contributed by atoms with van der Waals surface area (Å²) in [6, 6.07) is 4.07. The predicted molar refractivity (Wildman–Crippen MR) is 56.6 cm³/mol. The van der Waals surface area contributed by atoms with Crippen LogP contribution >= 0.6 is 0 Å². The Balaban J connectivity index is 2.30. The minimum absolute atomic E-state index is 0.0848. The van der Waals surface area contributed by atoms with Crippen LogP contribution in [0, 0.1) is 10.1 Å². The first-order chi connectivity index (χ1) is 8.06. The van der Waals surface area contributed by atoms with Crippen molar-refractivity contribution < 1.29 is 19.2 Å². The Morgan fingerprint density at radius 2 is 2.29 bits per heavy atom. The fourth-order valence-electron chi connectivity index (χ4n) is 1.40. The molecule has 0 amide bonds. The Morgan fingerprint density at radius 3 is 2.94 bits per heavy atom. The predicted octanol–water partition coefficient (Wildman–Crippen LogP) is 1.75. The van der Waals surface area contributed by atoms with Crippen molar-refractivity contribution in [3.8, 4) is 0 Å². The van der Waals surface area contributed by atoms with Gasteiger partial charge >= 0.3 is 5.97 Å². The lowest BCUT2D eigenvalue weighted by Gasteiger charge is -1.89. The number of carbonyl (C=O) groups is 1. The van der Waals surface area contributed by atoms with E-state index in [0.29, 0.717) is 11.1 Å². The van der Waals surface area contributed by atoms with Gasteiger partial charge in [-0.3, -0.25) is 14.9 Å². The molecule has 0 bridgehead atoms. The molecule has 0 atom stereocenters. The first kappa shape index (κ1) is 11.1. The van der Waals surface area contributed by atoms with Gasteiger partial charge in [-0.05, 0) is 6.07 Å². The van der Waals surface area contributed by atoms with E-state index in [1.54, 1.807) is 0 Å². The Bertz CT molecular complexity index is 589. The van der Waals surface area contributed by atoms with Crippen molar-refractivity contribution in [2.45, 2.75) is 12.8 Å². The van der Waals surface area contributed by atoms with Gasteiger partial charge in [-0.25, -0.2) is 4.98 Å². The summed E-state index contributed by atoms with van der Waals surface area (Å²) in [7, 11) is 0. The molecule has 1 aromatic heterocycles. The molecule has 1 aromatic carbocycles. The number of aliphatic carboxylic acids is 1. The number of oxazole rings is 1. The van der Waals surface area contributed by atoms with Crippen LogP contribution in [-0.4, -0.2) is 21.0 Å². The number of benzene rings is 1. The van der Waals surface area contributed by atoms with E-state index >= 15 is 0 Å². The molecule has 7 heteroatoms. The average Bonchev–Trinajstić information content (AvgIpc) is 2.67. The number of nitrogens with zero attached hydrogens (tertiary/aromatic N) is 2. The molecular formula is C10H8N2O5. The summed E-state index contributed by atoms with van der Waals surface area (Å²) in [5.74, 6) is -0.680. The van der Waals surface area contributed by atoms with Crippen LogP contribution in [0.1, 0.15) is 12.3 Å². The molecule has 0 saturated heterocycles. The fraction of sp³-hybridized carbons (Fsp3) is 0.200. The Kier molecular flexibility index (Phi) is 2.73. The van der Waals surface area contributed by atoms with E-state index in [9.17, 15) is 14.9 Å². The van der Waals surface area contributed by atoms with Crippen molar-refractivity contribution in [2.24, 2.45) is 0 Å². The Hall–Kier alpha value is -2.44. The van der Waals surface area contributed by atoms with Gasteiger partial charge in [0.1, 0.15) is 5.52 Å². The highest BCUT2D eigenvalue weighted by Gasteiger charge is 2.12. The Morgan fingerprint density at radius 1 is 1.53 bits per heavy atom. The van der Waals surface area contributed by atoms with Gasteiger partial charge in [0, 0.05) is 12.5 Å². The van der Waals surface area contributed by atoms with Crippen molar-refractivity contribution in [3.63, 3.8) is 0 Å². The molecule has 2 aromatic rings. The summed E-state index contributed by atoms with van der Waals surface area (Å²) >= 11 is 0. The molecule has 0 spiro atoms. The van der Waals surface area contributed by atoms with Crippen LogP contribution in [0.4, 0.5) is 5.69 Å². The third-order valence-corrected chi connectivity index (χ3v) is 2.18. The zero-order valence-electron chi connectivity index (χ0n) is 8.62. The van der Waals surface area contributed by atoms with Gasteiger partial charge in [-0.2, -0.15) is 0 Å². The summed E-state index contributed by atoms with van der Waals surface area (Å²) in [4.78, 5) is 24.4. The van der Waals surface area contributed by atoms with E-state index in [2.05, 4.69) is 4.98 Å². The molecular weight excluding hydrogens is 228 g/mol. The van der Waals surface area contributed by atoms with E-state index in [-0.39, 0.29) is 24.4 Å². The lowest BCUT2D eigenvalue weighted by molar-refractivity contribution is -0.384. The maximum atomic E-state index is 10.5. The number of carboxylic acid groups (broad SMARTS) is 1. The first-order valence-corrected chi connectivity index (χ1v) is 4.82. The molecule has 0 aliphatic rings. The normalized spacial score (nSPS) is 10.6. The maximum Gasteiger partial charge on any atom is 0.303 e. The molecule has 0 unspecified atom stereocenters. The van der Waals surface area contributed by atoms with Crippen LogP contribution in [0.2, 0.25) is 0 Å². The van der Waals surface area contributed by atoms with E-state index in [1.807, 2.05) is 0 Å². The summed E-state index contributed by atoms with van der Waals surface area (Å²) in [6.45, 7) is 0. The highest BCUT2D eigenvalue weighted by Crippen LogP contribution is 2.21. The molecule has 0 aliphatic carbocycles. The number of nitro groups is 1. The summed E-state index contributed by atoms with van der Waals surface area (Å²) in [6.07, 6.45) is 0.0761. The van der Waals surface area contributed by atoms with E-state index in [1.165, 1.54) is 18.2 Å². The van der Waals surface area contributed by atoms with Gasteiger partial charge < -0.3 is 9.52 Å². The first-order valence-electron chi connectivity index (χ1n) is 4.82. The second-order valence-corrected chi connectivity index (χ2v) is 3.41. The van der Waals surface area contributed by atoms with Gasteiger partial charge in [0.05, 0.1) is 17.4 Å². The zero-order chi connectivity index (χ0) is 12.4. The molecule has 0 fully saturated rings. The molecule has 17 heavy (non-hydrogen) atoms. The molecule has 88 valence electrons. The third kappa shape index (κ3) is 2.39. The number of aryl methyl sites for hydroxylation is 1. The smallest absolute Gasteiger partial charge is 0.303 e. The van der Waals surface area contributed by atoms with Crippen molar-refractivity contribution in [1.29, 1.82) is 0 Å². The molecule has 7 nitrogen and oxygen atoms in total. The van der Waals surface area contributed by atoms with E-state index in [0.717, 1.165) is 0 Å². The van der Waals surface area contributed by atoms with Gasteiger partial charge in [-0.1, -0.05) is 0 Å². The second-order valence-electron chi connectivity index (χ2n) is 3.41. The van der Waals surface area contributed by atoms with Crippen LogP contribution < -0.4 is 0 Å². The zero-order valence-corrected chi connectivity index (χ0v) is 8.62. The van der Waals surface area contributed by atoms with Crippen LogP contribution in [0.15, 0.2) is 22.6 Å². The van der Waals surface area contributed by atoms with Crippen LogP contribution in [0.25, 0.3) is 11.1 Å². The van der Waals surface area contributed by atoms with Gasteiger partial charge in [0.2, 0.25) is 0 Å². The summed E-state index contributed by atoms with van der Waals surface area (Å²) < 4.78 is 5.23. The largest absolute Gasteiger partial charge is 0.481 e. The summed E-state index contributed by atoms with van der Waals surface area (Å²) in [5.41, 5.74) is 0.689. The molecule has 1 N–H and O–H groups in total. The molecule has 0 saturated carbocycles. The van der Waals surface area contributed by atoms with Crippen LogP contribution in [0.3, 0.4) is 0 Å². The monoisotopic (exact) mass is 236 g/mol. The topological polar surface area (TPSA) is 106 Å². The Labute approximate surface area is 94.8 Å². The van der Waals surface area contributed by atoms with Crippen LogP contribution in [-0.2, 0) is 11.2 Å². The highest BCUT2D eigenvalue weighted by molar-refractivity contribution is 5.75. The number of aromatic nitrogens is 1. The van der Waals surface area contributed by atoms with Gasteiger partial charge in [-0.15, -0.1) is 0 Å². The average molecular weight is 236 g/mol. The van der Waals surface area contributed by atoms with Crippen molar-refractivity contribution >= 4 is 22.8 Å². The molecule has 2 rings (SSSR count). The van der Waals surface area contributed by atoms with E-state index in [4.69, 9.17) is 9.52 Å². The third-order valence-electron chi connectivity index (χ3n) is 2.18. The quantitative estimate of drug-likeness (QED) is 0.640. The van der Waals surface area contributed by atoms with Gasteiger partial charge in [0.15, 0.2) is 11.5 Å². The highest BCUT2D eigenvalue weighted by atomic mass is 16.6. The van der Waals surface area contributed by atoms with Crippen molar-refractivity contribution in [1.82, 2.24) is 4.98 Å². The maximum absolute atomic E-state index is 10.5. The minimum Gasteiger partial charge on any atom is -0.481 e. The minimum atomic E-state index is -0.946. The second kappa shape index (κ2) is 4.20. The number of nitro benzene ring substituents is 1. The lowest BCUT2D eigenvalue weighted by atomic mass is 10.3. The lowest BCUT2D eigenvalue weighted by Crippen LogP contribution is -1.97. The van der Waals surface area contributed by atoms with Crippen LogP contribution in [0.5, 0.6) is 0 Å². The van der Waals surface area contributed by atoms with Gasteiger partial charge in [0.25, 0.3) is 5.69 Å².